The van der Waals surface area contributed by atoms with E-state index in [0.29, 0.717) is 0 Å². The molecule has 11 heavy (non-hydrogen) atoms. The largest absolute Gasteiger partial charge is 0.374 e. The van der Waals surface area contributed by atoms with Crippen LogP contribution in [0.1, 0.15) is 19.3 Å². The van der Waals surface area contributed by atoms with Crippen LogP contribution in [0.4, 0.5) is 0 Å². The van der Waals surface area contributed by atoms with Crippen LogP contribution < -0.4 is 10.6 Å². The molecule has 0 spiro atoms. The molecule has 64 valence electrons. The number of nitrogens with zero attached hydrogens (tertiary/aromatic N) is 1. The minimum Gasteiger partial charge on any atom is -0.374 e. The van der Waals surface area contributed by atoms with Gasteiger partial charge in [-0.05, 0) is 26.4 Å². The van der Waals surface area contributed by atoms with Gasteiger partial charge in [0.05, 0.1) is 5.84 Å². The Morgan fingerprint density at radius 2 is 2.36 bits per heavy atom. The second-order valence-corrected chi connectivity index (χ2v) is 2.82. The Labute approximate surface area is 68.3 Å². The lowest BCUT2D eigenvalue weighted by molar-refractivity contribution is 0.701. The number of nitrogens with one attached hydrogen (secondary N) is 2. The van der Waals surface area contributed by atoms with Crippen molar-refractivity contribution in [1.29, 1.82) is 0 Å². The molecule has 0 amide bonds. The number of aliphatic imine (C=N–C) groups is 1. The summed E-state index contributed by atoms with van der Waals surface area (Å²) < 4.78 is 0. The maximum Gasteiger partial charge on any atom is 0.0963 e. The average Bonchev–Trinajstić information content (AvgIpc) is 2.50. The Morgan fingerprint density at radius 3 is 3.00 bits per heavy atom. The maximum absolute atomic E-state index is 4.32. The first-order chi connectivity index (χ1) is 5.43. The van der Waals surface area contributed by atoms with Gasteiger partial charge in [-0.25, -0.2) is 0 Å². The summed E-state index contributed by atoms with van der Waals surface area (Å²) in [6, 6.07) is 0. The van der Waals surface area contributed by atoms with Crippen LogP contribution in [0, 0.1) is 0 Å². The summed E-state index contributed by atoms with van der Waals surface area (Å²) in [5.74, 6) is 1.21. The number of hydrogen-bond donors (Lipinski definition) is 2. The van der Waals surface area contributed by atoms with Crippen LogP contribution in [0.15, 0.2) is 4.99 Å². The van der Waals surface area contributed by atoms with Crippen LogP contribution in [-0.4, -0.2) is 32.5 Å². The molecule has 0 aromatic carbocycles. The van der Waals surface area contributed by atoms with Gasteiger partial charge < -0.3 is 10.6 Å². The van der Waals surface area contributed by atoms with Gasteiger partial charge in [-0.1, -0.05) is 0 Å². The molecule has 0 fully saturated rings. The maximum atomic E-state index is 4.32. The second kappa shape index (κ2) is 5.13. The Balaban J connectivity index is 1.94. The van der Waals surface area contributed by atoms with Gasteiger partial charge in [-0.2, -0.15) is 0 Å². The van der Waals surface area contributed by atoms with Crippen molar-refractivity contribution in [1.82, 2.24) is 10.6 Å². The first-order valence-electron chi connectivity index (χ1n) is 4.35. The number of amidine groups is 1. The minimum absolute atomic E-state index is 1.02. The third-order valence-electron chi connectivity index (χ3n) is 1.81. The second-order valence-electron chi connectivity index (χ2n) is 2.82. The lowest BCUT2D eigenvalue weighted by atomic mass is 10.3. The molecule has 3 heteroatoms. The fraction of sp³-hybridized carbons (Fsp3) is 0.875. The summed E-state index contributed by atoms with van der Waals surface area (Å²) >= 11 is 0. The van der Waals surface area contributed by atoms with Crippen molar-refractivity contribution in [2.45, 2.75) is 19.3 Å². The average molecular weight is 155 g/mol. The molecule has 0 aliphatic carbocycles. The van der Waals surface area contributed by atoms with E-state index in [1.54, 1.807) is 0 Å². The van der Waals surface area contributed by atoms with Gasteiger partial charge in [0.15, 0.2) is 0 Å². The van der Waals surface area contributed by atoms with Crippen molar-refractivity contribution >= 4 is 5.84 Å². The summed E-state index contributed by atoms with van der Waals surface area (Å²) in [5.41, 5.74) is 0. The molecule has 0 aromatic heterocycles. The Morgan fingerprint density at radius 1 is 1.45 bits per heavy atom. The first-order valence-corrected chi connectivity index (χ1v) is 4.35. The molecule has 0 saturated carbocycles. The van der Waals surface area contributed by atoms with Gasteiger partial charge in [-0.15, -0.1) is 0 Å². The zero-order chi connectivity index (χ0) is 7.94. The summed E-state index contributed by atoms with van der Waals surface area (Å²) in [6.45, 7) is 3.16. The van der Waals surface area contributed by atoms with Crippen molar-refractivity contribution in [2.24, 2.45) is 4.99 Å². The van der Waals surface area contributed by atoms with Crippen molar-refractivity contribution in [2.75, 3.05) is 26.7 Å². The molecule has 0 unspecified atom stereocenters. The van der Waals surface area contributed by atoms with Crippen molar-refractivity contribution < 1.29 is 0 Å². The Bertz CT molecular complexity index is 131. The lowest BCUT2D eigenvalue weighted by Crippen LogP contribution is -2.24. The molecule has 2 N–H and O–H groups in total. The molecule has 0 radical (unpaired) electrons. The highest BCUT2D eigenvalue weighted by molar-refractivity contribution is 5.83. The van der Waals surface area contributed by atoms with Gasteiger partial charge >= 0.3 is 0 Å². The fourth-order valence-corrected chi connectivity index (χ4v) is 1.18. The van der Waals surface area contributed by atoms with Crippen molar-refractivity contribution in [3.63, 3.8) is 0 Å². The van der Waals surface area contributed by atoms with E-state index in [2.05, 4.69) is 15.6 Å². The summed E-state index contributed by atoms with van der Waals surface area (Å²) in [7, 11) is 1.98. The molecule has 1 rings (SSSR count). The zero-order valence-electron chi connectivity index (χ0n) is 7.19. The van der Waals surface area contributed by atoms with Crippen LogP contribution in [0.5, 0.6) is 0 Å². The highest BCUT2D eigenvalue weighted by Gasteiger charge is 2.03. The van der Waals surface area contributed by atoms with Crippen LogP contribution in [0.25, 0.3) is 0 Å². The van der Waals surface area contributed by atoms with Gasteiger partial charge in [-0.3, -0.25) is 4.99 Å². The van der Waals surface area contributed by atoms with Gasteiger partial charge in [0.1, 0.15) is 0 Å². The number of hydrogen-bond acceptors (Lipinski definition) is 3. The molecule has 3 nitrogen and oxygen atoms in total. The first kappa shape index (κ1) is 8.53. The molecule has 0 atom stereocenters. The number of rotatable bonds is 4. The van der Waals surface area contributed by atoms with E-state index in [9.17, 15) is 0 Å². The molecule has 0 bridgehead atoms. The van der Waals surface area contributed by atoms with E-state index in [1.807, 2.05) is 7.05 Å². The lowest BCUT2D eigenvalue weighted by Gasteiger charge is -2.04. The van der Waals surface area contributed by atoms with Gasteiger partial charge in [0, 0.05) is 19.5 Å². The van der Waals surface area contributed by atoms with Crippen LogP contribution in [0.2, 0.25) is 0 Å². The molecule has 1 aliphatic rings. The van der Waals surface area contributed by atoms with Gasteiger partial charge in [0.2, 0.25) is 0 Å². The summed E-state index contributed by atoms with van der Waals surface area (Å²) in [6.07, 6.45) is 3.56. The summed E-state index contributed by atoms with van der Waals surface area (Å²) in [4.78, 5) is 4.32. The smallest absolute Gasteiger partial charge is 0.0963 e. The van der Waals surface area contributed by atoms with Gasteiger partial charge in [0.25, 0.3) is 0 Å². The zero-order valence-corrected chi connectivity index (χ0v) is 7.19. The highest BCUT2D eigenvalue weighted by Crippen LogP contribution is 2.00. The molecule has 0 saturated heterocycles. The Kier molecular flexibility index (Phi) is 3.98. The third-order valence-corrected chi connectivity index (χ3v) is 1.81. The molecular weight excluding hydrogens is 138 g/mol. The fourth-order valence-electron chi connectivity index (χ4n) is 1.18. The highest BCUT2D eigenvalue weighted by atomic mass is 15.0. The predicted molar refractivity (Wildman–Crippen MR) is 48.1 cm³/mol. The van der Waals surface area contributed by atoms with E-state index in [-0.39, 0.29) is 0 Å². The molecule has 0 aromatic rings. The van der Waals surface area contributed by atoms with Crippen molar-refractivity contribution in [3.05, 3.63) is 0 Å². The Hall–Kier alpha value is -0.570. The summed E-state index contributed by atoms with van der Waals surface area (Å²) in [5, 5.41) is 6.44. The third kappa shape index (κ3) is 3.37. The normalized spacial score (nSPS) is 16.6. The standard InChI is InChI=1S/C8H17N3/c1-9-5-3-7-11-8-4-2-6-10-8/h9H,2-7H2,1H3,(H,10,11). The minimum atomic E-state index is 1.02. The predicted octanol–water partition coefficient (Wildman–Crippen LogP) is 0.378. The monoisotopic (exact) mass is 155 g/mol. The van der Waals surface area contributed by atoms with E-state index < -0.39 is 0 Å². The van der Waals surface area contributed by atoms with E-state index >= 15 is 0 Å². The SMILES string of the molecule is CNCCCNC1=NCCC1. The molecular formula is C8H17N3. The van der Waals surface area contributed by atoms with Crippen LogP contribution in [0.3, 0.4) is 0 Å². The van der Waals surface area contributed by atoms with Crippen LogP contribution >= 0.6 is 0 Å². The van der Waals surface area contributed by atoms with Crippen LogP contribution in [-0.2, 0) is 0 Å². The van der Waals surface area contributed by atoms with E-state index in [1.165, 1.54) is 18.7 Å². The van der Waals surface area contributed by atoms with E-state index in [0.717, 1.165) is 26.1 Å². The topological polar surface area (TPSA) is 36.4 Å². The van der Waals surface area contributed by atoms with E-state index in [4.69, 9.17) is 0 Å². The van der Waals surface area contributed by atoms with Crippen molar-refractivity contribution in [3.8, 4) is 0 Å². The molecule has 1 heterocycles. The quantitative estimate of drug-likeness (QED) is 0.576. The molecule has 1 aliphatic heterocycles.